The third kappa shape index (κ3) is 7.73. The normalized spacial score (nSPS) is 13.2. The Labute approximate surface area is 228 Å². The second-order valence-corrected chi connectivity index (χ2v) is 11.2. The first-order chi connectivity index (χ1) is 17.9. The van der Waals surface area contributed by atoms with Crippen LogP contribution in [0.1, 0.15) is 65.2 Å². The van der Waals surface area contributed by atoms with E-state index in [1.54, 1.807) is 11.3 Å². The molecule has 2 aromatic carbocycles. The zero-order chi connectivity index (χ0) is 26.8. The summed E-state index contributed by atoms with van der Waals surface area (Å²) >= 11 is 1.71. The molecule has 0 spiro atoms. The third-order valence-electron chi connectivity index (χ3n) is 7.32. The molecule has 0 aliphatic carbocycles. The predicted octanol–water partition coefficient (Wildman–Crippen LogP) is 9.28. The van der Waals surface area contributed by atoms with Crippen LogP contribution in [0.2, 0.25) is 0 Å². The summed E-state index contributed by atoms with van der Waals surface area (Å²) in [6.07, 6.45) is 6.65. The molecule has 0 radical (unpaired) electrons. The fourth-order valence-electron chi connectivity index (χ4n) is 4.73. The molecule has 4 heteroatoms. The van der Waals surface area contributed by atoms with E-state index < -0.39 is 0 Å². The number of anilines is 1. The van der Waals surface area contributed by atoms with Gasteiger partial charge in [-0.3, -0.25) is 0 Å². The largest absolute Gasteiger partial charge is 0.384 e. The number of allylic oxidation sites excluding steroid dienone is 1. The Morgan fingerprint density at radius 2 is 1.81 bits per heavy atom. The van der Waals surface area contributed by atoms with Crippen LogP contribution in [-0.2, 0) is 0 Å². The lowest BCUT2D eigenvalue weighted by molar-refractivity contribution is 0.366. The van der Waals surface area contributed by atoms with Gasteiger partial charge in [0.15, 0.2) is 0 Å². The summed E-state index contributed by atoms with van der Waals surface area (Å²) in [5, 5.41) is 15.7. The fourth-order valence-corrected chi connectivity index (χ4v) is 5.68. The van der Waals surface area contributed by atoms with E-state index in [0.717, 1.165) is 43.3 Å². The minimum Gasteiger partial charge on any atom is -0.384 e. The number of hydrogen-bond donors (Lipinski definition) is 1. The van der Waals surface area contributed by atoms with Crippen LogP contribution in [0.4, 0.5) is 5.69 Å². The van der Waals surface area contributed by atoms with Gasteiger partial charge in [0.25, 0.3) is 0 Å². The maximum Gasteiger partial charge on any atom is 0.101 e. The zero-order valence-corrected chi connectivity index (χ0v) is 24.1. The molecule has 0 fully saturated rings. The molecule has 196 valence electrons. The van der Waals surface area contributed by atoms with Crippen molar-refractivity contribution in [1.82, 2.24) is 5.32 Å². The Balaban J connectivity index is 1.73. The molecule has 1 heterocycles. The maximum atomic E-state index is 9.80. The molecule has 1 N–H and O–H groups in total. The highest BCUT2D eigenvalue weighted by Crippen LogP contribution is 2.33. The first-order valence-electron chi connectivity index (χ1n) is 13.9. The van der Waals surface area contributed by atoms with E-state index in [0.29, 0.717) is 17.2 Å². The van der Waals surface area contributed by atoms with Crippen LogP contribution < -0.4 is 10.2 Å². The molecule has 0 aliphatic heterocycles. The van der Waals surface area contributed by atoms with Crippen molar-refractivity contribution >= 4 is 33.9 Å². The highest BCUT2D eigenvalue weighted by atomic mass is 32.1. The molecular formula is C33H43N3S. The molecule has 0 bridgehead atoms. The van der Waals surface area contributed by atoms with Crippen molar-refractivity contribution in [2.24, 2.45) is 11.8 Å². The standard InChI is InChI=1S/C33H43N3S/c1-7-17-36(10-4)31-14-13-27-19-29(12-11-28(27)20-31)33-16-15-32(37-33)21-30(22-34)25(6)35-23-26(9-3)18-24(5)8-2/h11-16,19-21,24,26,35H,6-10,17-18,23H2,1-5H3/b30-21+. The third-order valence-corrected chi connectivity index (χ3v) is 8.40. The minimum atomic E-state index is 0.598. The van der Waals surface area contributed by atoms with Gasteiger partial charge in [-0.1, -0.05) is 65.3 Å². The summed E-state index contributed by atoms with van der Waals surface area (Å²) < 4.78 is 0. The van der Waals surface area contributed by atoms with Gasteiger partial charge in [0.1, 0.15) is 6.07 Å². The zero-order valence-electron chi connectivity index (χ0n) is 23.3. The van der Waals surface area contributed by atoms with E-state index in [1.807, 2.05) is 6.08 Å². The highest BCUT2D eigenvalue weighted by Gasteiger charge is 2.12. The van der Waals surface area contributed by atoms with E-state index in [9.17, 15) is 5.26 Å². The molecule has 3 rings (SSSR count). The quantitative estimate of drug-likeness (QED) is 0.172. The highest BCUT2D eigenvalue weighted by molar-refractivity contribution is 7.16. The van der Waals surface area contributed by atoms with Gasteiger partial charge in [-0.05, 0) is 84.3 Å². The molecular weight excluding hydrogens is 470 g/mol. The predicted molar refractivity (Wildman–Crippen MR) is 164 cm³/mol. The second kappa shape index (κ2) is 14.1. The Morgan fingerprint density at radius 1 is 1.05 bits per heavy atom. The van der Waals surface area contributed by atoms with Crippen molar-refractivity contribution < 1.29 is 0 Å². The second-order valence-electron chi connectivity index (χ2n) is 10.1. The number of hydrogen-bond acceptors (Lipinski definition) is 4. The topological polar surface area (TPSA) is 39.1 Å². The van der Waals surface area contributed by atoms with Crippen molar-refractivity contribution in [3.8, 4) is 16.5 Å². The van der Waals surface area contributed by atoms with Gasteiger partial charge in [0.05, 0.1) is 5.57 Å². The van der Waals surface area contributed by atoms with Gasteiger partial charge >= 0.3 is 0 Å². The van der Waals surface area contributed by atoms with E-state index in [4.69, 9.17) is 0 Å². The molecule has 1 aromatic heterocycles. The number of nitriles is 1. The molecule has 3 aromatic rings. The average Bonchev–Trinajstić information content (AvgIpc) is 3.40. The van der Waals surface area contributed by atoms with Crippen molar-refractivity contribution in [1.29, 1.82) is 5.26 Å². The molecule has 37 heavy (non-hydrogen) atoms. The molecule has 0 aliphatic rings. The molecule has 2 atom stereocenters. The maximum absolute atomic E-state index is 9.80. The molecule has 0 saturated carbocycles. The Kier molecular flexibility index (Phi) is 10.8. The summed E-state index contributed by atoms with van der Waals surface area (Å²) in [6, 6.07) is 20.0. The summed E-state index contributed by atoms with van der Waals surface area (Å²) in [7, 11) is 0. The lowest BCUT2D eigenvalue weighted by atomic mass is 9.92. The van der Waals surface area contributed by atoms with Gasteiger partial charge in [-0.2, -0.15) is 5.26 Å². The van der Waals surface area contributed by atoms with Crippen molar-refractivity contribution in [2.75, 3.05) is 24.5 Å². The van der Waals surface area contributed by atoms with Crippen LogP contribution in [0.15, 0.2) is 66.4 Å². The van der Waals surface area contributed by atoms with Crippen LogP contribution >= 0.6 is 11.3 Å². The van der Waals surface area contributed by atoms with Gasteiger partial charge in [-0.15, -0.1) is 11.3 Å². The Bertz CT molecular complexity index is 1250. The summed E-state index contributed by atoms with van der Waals surface area (Å²) in [6.45, 7) is 18.4. The number of nitrogens with zero attached hydrogens (tertiary/aromatic N) is 2. The smallest absolute Gasteiger partial charge is 0.101 e. The monoisotopic (exact) mass is 513 g/mol. The van der Waals surface area contributed by atoms with Crippen molar-refractivity contribution in [3.05, 3.63) is 71.3 Å². The molecule has 0 amide bonds. The number of rotatable bonds is 14. The van der Waals surface area contributed by atoms with Crippen LogP contribution in [-0.4, -0.2) is 19.6 Å². The van der Waals surface area contributed by atoms with E-state index in [2.05, 4.69) is 106 Å². The Hall–Kier alpha value is -3.03. The fraction of sp³-hybridized carbons (Fsp3) is 0.424. The summed E-state index contributed by atoms with van der Waals surface area (Å²) in [5.74, 6) is 1.32. The molecule has 2 unspecified atom stereocenters. The first-order valence-corrected chi connectivity index (χ1v) is 14.7. The van der Waals surface area contributed by atoms with Crippen LogP contribution in [0.5, 0.6) is 0 Å². The van der Waals surface area contributed by atoms with E-state index >= 15 is 0 Å². The van der Waals surface area contributed by atoms with Crippen LogP contribution in [0, 0.1) is 23.2 Å². The van der Waals surface area contributed by atoms with Gasteiger partial charge < -0.3 is 10.2 Å². The minimum absolute atomic E-state index is 0.598. The van der Waals surface area contributed by atoms with Crippen LogP contribution in [0.3, 0.4) is 0 Å². The van der Waals surface area contributed by atoms with E-state index in [-0.39, 0.29) is 0 Å². The first kappa shape index (κ1) is 28.5. The van der Waals surface area contributed by atoms with Crippen molar-refractivity contribution in [3.63, 3.8) is 0 Å². The SMILES string of the molecule is C=C(NCC(CC)CC(C)CC)/C(C#N)=C/c1ccc(-c2ccc3cc(N(CC)CCC)ccc3c2)s1. The number of nitrogens with one attached hydrogen (secondary N) is 1. The summed E-state index contributed by atoms with van der Waals surface area (Å²) in [5.41, 5.74) is 3.81. The number of thiophene rings is 1. The van der Waals surface area contributed by atoms with Crippen LogP contribution in [0.25, 0.3) is 27.3 Å². The number of fused-ring (bicyclic) bond motifs is 1. The number of benzene rings is 2. The summed E-state index contributed by atoms with van der Waals surface area (Å²) in [4.78, 5) is 4.69. The van der Waals surface area contributed by atoms with Gasteiger partial charge in [0.2, 0.25) is 0 Å². The van der Waals surface area contributed by atoms with Gasteiger partial charge in [0, 0.05) is 40.8 Å². The Morgan fingerprint density at radius 3 is 2.49 bits per heavy atom. The lowest BCUT2D eigenvalue weighted by Crippen LogP contribution is -2.23. The molecule has 3 nitrogen and oxygen atoms in total. The van der Waals surface area contributed by atoms with Crippen molar-refractivity contribution in [2.45, 2.75) is 60.3 Å². The molecule has 0 saturated heterocycles. The van der Waals surface area contributed by atoms with Gasteiger partial charge in [-0.25, -0.2) is 0 Å². The lowest BCUT2D eigenvalue weighted by Gasteiger charge is -2.22. The van der Waals surface area contributed by atoms with E-state index in [1.165, 1.54) is 39.7 Å². The average molecular weight is 514 g/mol.